The SMILES string of the molecule is CSc1nnc(Cn2cncn2)s1. The molecule has 0 radical (unpaired) electrons. The van der Waals surface area contributed by atoms with Gasteiger partial charge in [0.2, 0.25) is 0 Å². The van der Waals surface area contributed by atoms with Gasteiger partial charge in [0.1, 0.15) is 17.7 Å². The van der Waals surface area contributed by atoms with E-state index in [0.717, 1.165) is 9.35 Å². The molecule has 0 aliphatic rings. The van der Waals surface area contributed by atoms with Crippen LogP contribution in [-0.4, -0.2) is 31.2 Å². The molecule has 0 aliphatic heterocycles. The highest BCUT2D eigenvalue weighted by molar-refractivity contribution is 8.00. The van der Waals surface area contributed by atoms with Gasteiger partial charge in [-0.2, -0.15) is 5.10 Å². The van der Waals surface area contributed by atoms with Crippen LogP contribution in [0.1, 0.15) is 5.01 Å². The summed E-state index contributed by atoms with van der Waals surface area (Å²) in [5.41, 5.74) is 0. The van der Waals surface area contributed by atoms with Gasteiger partial charge in [-0.3, -0.25) is 0 Å². The standard InChI is InChI=1S/C6H7N5S2/c1-12-6-10-9-5(13-6)2-11-4-7-3-8-11/h3-4H,2H2,1H3. The molecule has 0 bridgehead atoms. The molecule has 0 aliphatic carbocycles. The summed E-state index contributed by atoms with van der Waals surface area (Å²) in [6.45, 7) is 0.651. The van der Waals surface area contributed by atoms with Crippen molar-refractivity contribution in [1.82, 2.24) is 25.0 Å². The maximum Gasteiger partial charge on any atom is 0.174 e. The third-order valence-corrected chi connectivity index (χ3v) is 3.27. The first kappa shape index (κ1) is 8.64. The molecule has 0 saturated carbocycles. The number of thioether (sulfide) groups is 1. The predicted octanol–water partition coefficient (Wildman–Crippen LogP) is 0.900. The number of nitrogens with zero attached hydrogens (tertiary/aromatic N) is 5. The first-order valence-electron chi connectivity index (χ1n) is 3.57. The lowest BCUT2D eigenvalue weighted by Crippen LogP contribution is -1.99. The quantitative estimate of drug-likeness (QED) is 0.709. The highest BCUT2D eigenvalue weighted by atomic mass is 32.2. The summed E-state index contributed by atoms with van der Waals surface area (Å²) in [7, 11) is 0. The van der Waals surface area contributed by atoms with E-state index in [1.807, 2.05) is 6.26 Å². The molecule has 13 heavy (non-hydrogen) atoms. The molecule has 0 spiro atoms. The van der Waals surface area contributed by atoms with Crippen molar-refractivity contribution in [3.63, 3.8) is 0 Å². The Kier molecular flexibility index (Phi) is 2.55. The molecule has 0 N–H and O–H groups in total. The van der Waals surface area contributed by atoms with Gasteiger partial charge < -0.3 is 0 Å². The van der Waals surface area contributed by atoms with Crippen molar-refractivity contribution >= 4 is 23.1 Å². The summed E-state index contributed by atoms with van der Waals surface area (Å²) in [6.07, 6.45) is 5.16. The number of hydrogen-bond acceptors (Lipinski definition) is 6. The lowest BCUT2D eigenvalue weighted by Gasteiger charge is -1.92. The third-order valence-electron chi connectivity index (χ3n) is 1.39. The van der Waals surface area contributed by atoms with Crippen LogP contribution in [0.2, 0.25) is 0 Å². The smallest absolute Gasteiger partial charge is 0.174 e. The zero-order valence-electron chi connectivity index (χ0n) is 6.91. The largest absolute Gasteiger partial charge is 0.246 e. The molecule has 2 aromatic heterocycles. The minimum atomic E-state index is 0.651. The molecule has 0 aromatic carbocycles. The first-order chi connectivity index (χ1) is 6.38. The number of aromatic nitrogens is 5. The van der Waals surface area contributed by atoms with Crippen molar-refractivity contribution in [2.24, 2.45) is 0 Å². The Morgan fingerprint density at radius 2 is 2.46 bits per heavy atom. The minimum Gasteiger partial charge on any atom is -0.246 e. The van der Waals surface area contributed by atoms with Gasteiger partial charge in [0.25, 0.3) is 0 Å². The molecule has 0 unspecified atom stereocenters. The van der Waals surface area contributed by atoms with Crippen molar-refractivity contribution in [3.8, 4) is 0 Å². The molecule has 5 nitrogen and oxygen atoms in total. The fraction of sp³-hybridized carbons (Fsp3) is 0.333. The molecule has 2 rings (SSSR count). The molecular weight excluding hydrogens is 206 g/mol. The van der Waals surface area contributed by atoms with Crippen LogP contribution >= 0.6 is 23.1 Å². The van der Waals surface area contributed by atoms with E-state index in [1.54, 1.807) is 34.1 Å². The van der Waals surface area contributed by atoms with E-state index in [2.05, 4.69) is 20.3 Å². The van der Waals surface area contributed by atoms with Gasteiger partial charge in [0, 0.05) is 0 Å². The van der Waals surface area contributed by atoms with Crippen LogP contribution < -0.4 is 0 Å². The first-order valence-corrected chi connectivity index (χ1v) is 5.61. The normalized spacial score (nSPS) is 10.5. The highest BCUT2D eigenvalue weighted by Crippen LogP contribution is 2.19. The van der Waals surface area contributed by atoms with Gasteiger partial charge in [-0.1, -0.05) is 23.1 Å². The second-order valence-electron chi connectivity index (χ2n) is 2.26. The fourth-order valence-corrected chi connectivity index (χ4v) is 2.14. The van der Waals surface area contributed by atoms with Crippen LogP contribution in [0, 0.1) is 0 Å². The summed E-state index contributed by atoms with van der Waals surface area (Å²) in [4.78, 5) is 3.85. The second kappa shape index (κ2) is 3.84. The summed E-state index contributed by atoms with van der Waals surface area (Å²) in [5, 5.41) is 12.9. The van der Waals surface area contributed by atoms with E-state index in [1.165, 1.54) is 6.33 Å². The minimum absolute atomic E-state index is 0.651. The maximum atomic E-state index is 4.02. The molecule has 7 heteroatoms. The van der Waals surface area contributed by atoms with Crippen molar-refractivity contribution in [2.75, 3.05) is 6.26 Å². The van der Waals surface area contributed by atoms with Crippen LogP contribution in [0.4, 0.5) is 0 Å². The van der Waals surface area contributed by atoms with E-state index in [4.69, 9.17) is 0 Å². The van der Waals surface area contributed by atoms with Crippen LogP contribution in [-0.2, 0) is 6.54 Å². The molecule has 2 heterocycles. The summed E-state index contributed by atoms with van der Waals surface area (Å²) >= 11 is 3.19. The predicted molar refractivity (Wildman–Crippen MR) is 50.8 cm³/mol. The zero-order valence-corrected chi connectivity index (χ0v) is 8.55. The van der Waals surface area contributed by atoms with E-state index in [9.17, 15) is 0 Å². The molecule has 0 saturated heterocycles. The van der Waals surface area contributed by atoms with Crippen LogP contribution in [0.5, 0.6) is 0 Å². The Bertz CT molecular complexity index is 368. The van der Waals surface area contributed by atoms with Gasteiger partial charge in [0.05, 0.1) is 6.54 Å². The Hall–Kier alpha value is -0.950. The summed E-state index contributed by atoms with van der Waals surface area (Å²) in [5.74, 6) is 0. The molecular formula is C6H7N5S2. The van der Waals surface area contributed by atoms with Gasteiger partial charge in [-0.15, -0.1) is 10.2 Å². The average molecular weight is 213 g/mol. The van der Waals surface area contributed by atoms with Gasteiger partial charge >= 0.3 is 0 Å². The molecule has 2 aromatic rings. The Morgan fingerprint density at radius 3 is 3.08 bits per heavy atom. The van der Waals surface area contributed by atoms with Crippen molar-refractivity contribution < 1.29 is 0 Å². The van der Waals surface area contributed by atoms with Crippen molar-refractivity contribution in [1.29, 1.82) is 0 Å². The Labute approximate surface area is 83.2 Å². The van der Waals surface area contributed by atoms with Crippen LogP contribution in [0.3, 0.4) is 0 Å². The van der Waals surface area contributed by atoms with Gasteiger partial charge in [-0.05, 0) is 6.26 Å². The van der Waals surface area contributed by atoms with E-state index < -0.39 is 0 Å². The lowest BCUT2D eigenvalue weighted by atomic mass is 10.7. The lowest BCUT2D eigenvalue weighted by molar-refractivity contribution is 0.674. The van der Waals surface area contributed by atoms with Gasteiger partial charge in [-0.25, -0.2) is 9.67 Å². The monoisotopic (exact) mass is 213 g/mol. The summed E-state index contributed by atoms with van der Waals surface area (Å²) < 4.78 is 2.71. The van der Waals surface area contributed by atoms with Crippen molar-refractivity contribution in [3.05, 3.63) is 17.7 Å². The number of rotatable bonds is 3. The Balaban J connectivity index is 2.10. The third kappa shape index (κ3) is 2.04. The molecule has 0 amide bonds. The summed E-state index contributed by atoms with van der Waals surface area (Å²) in [6, 6.07) is 0. The van der Waals surface area contributed by atoms with E-state index in [-0.39, 0.29) is 0 Å². The average Bonchev–Trinajstić information content (AvgIpc) is 2.76. The Morgan fingerprint density at radius 1 is 1.54 bits per heavy atom. The molecule has 0 atom stereocenters. The topological polar surface area (TPSA) is 56.5 Å². The van der Waals surface area contributed by atoms with Crippen LogP contribution in [0.15, 0.2) is 17.0 Å². The second-order valence-corrected chi connectivity index (χ2v) is 4.37. The van der Waals surface area contributed by atoms with Crippen molar-refractivity contribution in [2.45, 2.75) is 10.9 Å². The molecule has 0 fully saturated rings. The number of hydrogen-bond donors (Lipinski definition) is 0. The van der Waals surface area contributed by atoms with E-state index >= 15 is 0 Å². The van der Waals surface area contributed by atoms with Crippen LogP contribution in [0.25, 0.3) is 0 Å². The molecule has 68 valence electrons. The fourth-order valence-electron chi connectivity index (χ4n) is 0.838. The van der Waals surface area contributed by atoms with E-state index in [0.29, 0.717) is 6.54 Å². The zero-order chi connectivity index (χ0) is 9.10. The highest BCUT2D eigenvalue weighted by Gasteiger charge is 2.03. The van der Waals surface area contributed by atoms with Gasteiger partial charge in [0.15, 0.2) is 4.34 Å². The maximum absolute atomic E-state index is 4.02.